The van der Waals surface area contributed by atoms with Gasteiger partial charge >= 0.3 is 0 Å². The van der Waals surface area contributed by atoms with E-state index in [4.69, 9.17) is 4.74 Å². The normalized spacial score (nSPS) is 17.0. The second kappa shape index (κ2) is 8.95. The highest BCUT2D eigenvalue weighted by Gasteiger charge is 2.39. The molecule has 4 rings (SSSR count). The van der Waals surface area contributed by atoms with Crippen molar-refractivity contribution in [1.82, 2.24) is 10.3 Å². The van der Waals surface area contributed by atoms with Gasteiger partial charge in [0.1, 0.15) is 11.6 Å². The Morgan fingerprint density at radius 3 is 2.48 bits per heavy atom. The van der Waals surface area contributed by atoms with E-state index in [2.05, 4.69) is 22.5 Å². The van der Waals surface area contributed by atoms with Crippen LogP contribution in [-0.2, 0) is 11.3 Å². The lowest BCUT2D eigenvalue weighted by molar-refractivity contribution is -0.117. The number of halogens is 1. The summed E-state index contributed by atoms with van der Waals surface area (Å²) in [5, 5.41) is 5.72. The molecule has 1 fully saturated rings. The quantitative estimate of drug-likeness (QED) is 0.589. The van der Waals surface area contributed by atoms with Crippen LogP contribution in [0.1, 0.15) is 29.3 Å². The third-order valence-corrected chi connectivity index (χ3v) is 5.15. The van der Waals surface area contributed by atoms with Gasteiger partial charge in [0.15, 0.2) is 0 Å². The molecule has 2 unspecified atom stereocenters. The van der Waals surface area contributed by atoms with Gasteiger partial charge in [-0.1, -0.05) is 6.92 Å². The molecule has 31 heavy (non-hydrogen) atoms. The fourth-order valence-electron chi connectivity index (χ4n) is 3.15. The fourth-order valence-corrected chi connectivity index (χ4v) is 3.15. The molecule has 6 nitrogen and oxygen atoms in total. The molecule has 0 saturated heterocycles. The van der Waals surface area contributed by atoms with Gasteiger partial charge in [-0.15, -0.1) is 0 Å². The highest BCUT2D eigenvalue weighted by Crippen LogP contribution is 2.38. The summed E-state index contributed by atoms with van der Waals surface area (Å²) in [4.78, 5) is 28.6. The van der Waals surface area contributed by atoms with Crippen LogP contribution >= 0.6 is 0 Å². The Balaban J connectivity index is 1.31. The first kappa shape index (κ1) is 20.5. The van der Waals surface area contributed by atoms with Crippen LogP contribution in [0.25, 0.3) is 0 Å². The summed E-state index contributed by atoms with van der Waals surface area (Å²) in [6, 6.07) is 15.9. The van der Waals surface area contributed by atoms with Gasteiger partial charge in [-0.25, -0.2) is 9.37 Å². The molecule has 0 aliphatic heterocycles. The summed E-state index contributed by atoms with van der Waals surface area (Å²) in [7, 11) is 0. The number of rotatable bonds is 7. The maximum atomic E-state index is 13.0. The Kier molecular flexibility index (Phi) is 5.93. The van der Waals surface area contributed by atoms with E-state index >= 15 is 0 Å². The minimum atomic E-state index is -0.343. The summed E-state index contributed by atoms with van der Waals surface area (Å²) in [5.74, 6) is 0.819. The maximum Gasteiger partial charge on any atom is 0.251 e. The number of benzene rings is 2. The van der Waals surface area contributed by atoms with Crippen LogP contribution in [0.5, 0.6) is 11.6 Å². The molecule has 7 heteroatoms. The van der Waals surface area contributed by atoms with Crippen molar-refractivity contribution in [2.45, 2.75) is 19.9 Å². The minimum absolute atomic E-state index is 0.0287. The number of nitrogens with zero attached hydrogens (tertiary/aromatic N) is 1. The van der Waals surface area contributed by atoms with Gasteiger partial charge in [0.2, 0.25) is 11.8 Å². The molecule has 2 atom stereocenters. The number of hydrogen-bond acceptors (Lipinski definition) is 4. The largest absolute Gasteiger partial charge is 0.439 e. The van der Waals surface area contributed by atoms with Crippen LogP contribution in [0.2, 0.25) is 0 Å². The standard InChI is InChI=1S/C24H22FN3O3/c1-15-12-21(15)24(30)28-19-6-2-17(3-7-19)23(29)27-14-16-10-11-26-22(13-16)31-20-8-4-18(25)5-9-20/h2-11,13,15,21H,12,14H2,1H3,(H,27,29)(H,28,30). The SMILES string of the molecule is CC1CC1C(=O)Nc1ccc(C(=O)NCc2ccnc(Oc3ccc(F)cc3)c2)cc1. The summed E-state index contributed by atoms with van der Waals surface area (Å²) in [6.45, 7) is 2.34. The van der Waals surface area contributed by atoms with Crippen molar-refractivity contribution in [2.24, 2.45) is 11.8 Å². The summed E-state index contributed by atoms with van der Waals surface area (Å²) in [6.07, 6.45) is 2.51. The first-order valence-corrected chi connectivity index (χ1v) is 10.1. The summed E-state index contributed by atoms with van der Waals surface area (Å²) < 4.78 is 18.6. The van der Waals surface area contributed by atoms with Crippen LogP contribution in [0.4, 0.5) is 10.1 Å². The molecular weight excluding hydrogens is 397 g/mol. The van der Waals surface area contributed by atoms with Crippen LogP contribution < -0.4 is 15.4 Å². The number of anilines is 1. The van der Waals surface area contributed by atoms with Gasteiger partial charge in [-0.05, 0) is 72.5 Å². The van der Waals surface area contributed by atoms with E-state index in [-0.39, 0.29) is 23.5 Å². The van der Waals surface area contributed by atoms with E-state index in [9.17, 15) is 14.0 Å². The minimum Gasteiger partial charge on any atom is -0.439 e. The predicted octanol–water partition coefficient (Wildman–Crippen LogP) is 4.54. The predicted molar refractivity (Wildman–Crippen MR) is 114 cm³/mol. The van der Waals surface area contributed by atoms with Crippen molar-refractivity contribution < 1.29 is 18.7 Å². The van der Waals surface area contributed by atoms with Gasteiger partial charge in [-0.2, -0.15) is 0 Å². The second-order valence-corrected chi connectivity index (χ2v) is 7.63. The monoisotopic (exact) mass is 419 g/mol. The van der Waals surface area contributed by atoms with Crippen molar-refractivity contribution in [2.75, 3.05) is 5.32 Å². The number of ether oxygens (including phenoxy) is 1. The highest BCUT2D eigenvalue weighted by molar-refractivity contribution is 5.96. The van der Waals surface area contributed by atoms with Crippen LogP contribution in [0.15, 0.2) is 66.9 Å². The van der Waals surface area contributed by atoms with Gasteiger partial charge in [0, 0.05) is 36.0 Å². The molecule has 1 aromatic heterocycles. The number of pyridine rings is 1. The molecule has 1 heterocycles. The number of nitrogens with one attached hydrogen (secondary N) is 2. The average molecular weight is 419 g/mol. The second-order valence-electron chi connectivity index (χ2n) is 7.63. The summed E-state index contributed by atoms with van der Waals surface area (Å²) >= 11 is 0. The zero-order valence-corrected chi connectivity index (χ0v) is 17.0. The number of aromatic nitrogens is 1. The van der Waals surface area contributed by atoms with Crippen LogP contribution in [0, 0.1) is 17.7 Å². The Labute approximate surface area is 179 Å². The van der Waals surface area contributed by atoms with Crippen molar-refractivity contribution in [1.29, 1.82) is 0 Å². The number of amides is 2. The highest BCUT2D eigenvalue weighted by atomic mass is 19.1. The lowest BCUT2D eigenvalue weighted by Crippen LogP contribution is -2.22. The molecule has 1 aliphatic rings. The molecule has 3 aromatic rings. The Bertz CT molecular complexity index is 1080. The number of carbonyl (C=O) groups is 2. The van der Waals surface area contributed by atoms with Crippen molar-refractivity contribution in [3.05, 3.63) is 83.8 Å². The third kappa shape index (κ3) is 5.45. The molecule has 1 saturated carbocycles. The zero-order chi connectivity index (χ0) is 21.8. The smallest absolute Gasteiger partial charge is 0.251 e. The Morgan fingerprint density at radius 1 is 1.10 bits per heavy atom. The van der Waals surface area contributed by atoms with E-state index < -0.39 is 0 Å². The fraction of sp³-hybridized carbons (Fsp3) is 0.208. The van der Waals surface area contributed by atoms with Crippen molar-refractivity contribution in [3.63, 3.8) is 0 Å². The van der Waals surface area contributed by atoms with Gasteiger partial charge < -0.3 is 15.4 Å². The third-order valence-electron chi connectivity index (χ3n) is 5.15. The Morgan fingerprint density at radius 2 is 1.81 bits per heavy atom. The molecule has 2 amide bonds. The molecule has 2 N–H and O–H groups in total. The molecule has 0 radical (unpaired) electrons. The van der Waals surface area contributed by atoms with Crippen LogP contribution in [0.3, 0.4) is 0 Å². The summed E-state index contributed by atoms with van der Waals surface area (Å²) in [5.41, 5.74) is 1.98. The molecule has 2 aromatic carbocycles. The first-order valence-electron chi connectivity index (χ1n) is 10.1. The zero-order valence-electron chi connectivity index (χ0n) is 17.0. The van der Waals surface area contributed by atoms with Crippen LogP contribution in [-0.4, -0.2) is 16.8 Å². The first-order chi connectivity index (χ1) is 15.0. The van der Waals surface area contributed by atoms with Gasteiger partial charge in [0.05, 0.1) is 0 Å². The lowest BCUT2D eigenvalue weighted by atomic mass is 10.1. The molecule has 158 valence electrons. The van der Waals surface area contributed by atoms with E-state index in [1.165, 1.54) is 24.3 Å². The maximum absolute atomic E-state index is 13.0. The van der Waals surface area contributed by atoms with Crippen molar-refractivity contribution in [3.8, 4) is 11.6 Å². The average Bonchev–Trinajstić information content (AvgIpc) is 3.51. The lowest BCUT2D eigenvalue weighted by Gasteiger charge is -2.09. The van der Waals surface area contributed by atoms with Gasteiger partial charge in [0.25, 0.3) is 5.91 Å². The molecule has 1 aliphatic carbocycles. The molecule has 0 bridgehead atoms. The Hall–Kier alpha value is -3.74. The van der Waals surface area contributed by atoms with E-state index in [0.717, 1.165) is 12.0 Å². The molecular formula is C24H22FN3O3. The number of carbonyl (C=O) groups excluding carboxylic acids is 2. The van der Waals surface area contributed by atoms with E-state index in [1.54, 1.807) is 42.6 Å². The van der Waals surface area contributed by atoms with E-state index in [0.29, 0.717) is 35.3 Å². The topological polar surface area (TPSA) is 80.3 Å². The number of hydrogen-bond donors (Lipinski definition) is 2. The van der Waals surface area contributed by atoms with Crippen molar-refractivity contribution >= 4 is 17.5 Å². The molecule has 0 spiro atoms. The van der Waals surface area contributed by atoms with E-state index in [1.807, 2.05) is 0 Å². The van der Waals surface area contributed by atoms with Gasteiger partial charge in [-0.3, -0.25) is 9.59 Å².